The molecule has 3 amide bonds. The third-order valence-corrected chi connectivity index (χ3v) is 11.8. The van der Waals surface area contributed by atoms with Gasteiger partial charge in [-0.05, 0) is 57.4 Å². The van der Waals surface area contributed by atoms with Gasteiger partial charge in [0, 0.05) is 30.4 Å². The van der Waals surface area contributed by atoms with Crippen molar-refractivity contribution >= 4 is 39.6 Å². The van der Waals surface area contributed by atoms with Crippen molar-refractivity contribution in [1.82, 2.24) is 14.7 Å². The first-order valence-electron chi connectivity index (χ1n) is 18.2. The smallest absolute Gasteiger partial charge is 0.313 e. The molecule has 3 saturated heterocycles. The van der Waals surface area contributed by atoms with Crippen LogP contribution in [-0.4, -0.2) is 104 Å². The van der Waals surface area contributed by atoms with Crippen molar-refractivity contribution in [2.24, 2.45) is 17.3 Å². The Kier molecular flexibility index (Phi) is 12.7. The summed E-state index contributed by atoms with van der Waals surface area (Å²) in [5, 5.41) is 10.6. The number of hydrogen-bond donors (Lipinski definition) is 1. The molecular weight excluding hydrogens is 714 g/mol. The van der Waals surface area contributed by atoms with Crippen LogP contribution in [0.25, 0.3) is 0 Å². The average Bonchev–Trinajstić information content (AvgIpc) is 3.67. The van der Waals surface area contributed by atoms with Crippen molar-refractivity contribution in [3.8, 4) is 0 Å². The summed E-state index contributed by atoms with van der Waals surface area (Å²) >= 11 is 3.76. The Morgan fingerprint density at radius 2 is 1.80 bits per heavy atom. The van der Waals surface area contributed by atoms with Crippen LogP contribution in [-0.2, 0) is 28.7 Å². The lowest BCUT2D eigenvalue weighted by atomic mass is 9.70. The van der Waals surface area contributed by atoms with E-state index in [1.165, 1.54) is 4.90 Å². The van der Waals surface area contributed by atoms with Crippen LogP contribution in [0.2, 0.25) is 0 Å². The highest BCUT2D eigenvalue weighted by molar-refractivity contribution is 9.09. The average molecular weight is 773 g/mol. The zero-order valence-corrected chi connectivity index (χ0v) is 33.2. The molecule has 4 rings (SSSR count). The Labute approximate surface area is 312 Å². The van der Waals surface area contributed by atoms with Crippen LogP contribution in [0.5, 0.6) is 0 Å². The van der Waals surface area contributed by atoms with Crippen LogP contribution in [0.15, 0.2) is 55.6 Å². The highest BCUT2D eigenvalue weighted by Crippen LogP contribution is 2.61. The Morgan fingerprint density at radius 3 is 2.35 bits per heavy atom. The number of ether oxygens (including phenoxy) is 2. The molecule has 51 heavy (non-hydrogen) atoms. The first kappa shape index (κ1) is 40.7. The molecule has 1 spiro atoms. The molecule has 10 nitrogen and oxygen atoms in total. The molecule has 1 unspecified atom stereocenters. The Hall–Kier alpha value is -3.02. The van der Waals surface area contributed by atoms with Crippen molar-refractivity contribution in [2.45, 2.75) is 127 Å². The maximum atomic E-state index is 15.1. The molecule has 9 atom stereocenters. The molecule has 1 N–H and O–H groups in total. The van der Waals surface area contributed by atoms with Crippen LogP contribution in [0, 0.1) is 17.3 Å². The first-order chi connectivity index (χ1) is 23.9. The van der Waals surface area contributed by atoms with E-state index in [1.54, 1.807) is 29.0 Å². The lowest BCUT2D eigenvalue weighted by Gasteiger charge is -2.46. The number of allylic oxidation sites excluding steroid dienone is 1. The van der Waals surface area contributed by atoms with E-state index >= 15 is 4.79 Å². The van der Waals surface area contributed by atoms with Gasteiger partial charge in [-0.2, -0.15) is 0 Å². The quantitative estimate of drug-likeness (QED) is 0.128. The molecule has 3 fully saturated rings. The zero-order valence-electron chi connectivity index (χ0n) is 31.6. The molecule has 0 aliphatic carbocycles. The number of amides is 3. The van der Waals surface area contributed by atoms with Gasteiger partial charge in [0.2, 0.25) is 17.7 Å². The van der Waals surface area contributed by atoms with Gasteiger partial charge in [-0.25, -0.2) is 0 Å². The van der Waals surface area contributed by atoms with Gasteiger partial charge < -0.3 is 29.3 Å². The maximum Gasteiger partial charge on any atom is 0.313 e. The minimum Gasteiger partial charge on any atom is -0.455 e. The van der Waals surface area contributed by atoms with Crippen molar-refractivity contribution in [2.75, 3.05) is 20.2 Å². The van der Waals surface area contributed by atoms with Gasteiger partial charge in [-0.1, -0.05) is 86.1 Å². The molecule has 1 aromatic carbocycles. The van der Waals surface area contributed by atoms with Crippen LogP contribution in [0.4, 0.5) is 0 Å². The van der Waals surface area contributed by atoms with Gasteiger partial charge in [0.1, 0.15) is 17.7 Å². The SMILES string of the molecule is C=CCCC(=O)N(C)[C@H](C)[C@H](OC(=O)[C@@H]1[C@H]2O[C@@]3(CC2Br)[C@H](C(=O)N(CC=C)C(C)(C)CC(C)(C)C)N([C@@H](CC)CO)C(=O)[C@@H]13)c1ccccc1. The zero-order chi connectivity index (χ0) is 38.1. The number of benzene rings is 1. The third kappa shape index (κ3) is 7.86. The number of alkyl halides is 1. The Bertz CT molecular complexity index is 1460. The van der Waals surface area contributed by atoms with Crippen LogP contribution < -0.4 is 0 Å². The molecule has 282 valence electrons. The van der Waals surface area contributed by atoms with Crippen LogP contribution in [0.3, 0.4) is 0 Å². The summed E-state index contributed by atoms with van der Waals surface area (Å²) < 4.78 is 13.2. The second-order valence-corrected chi connectivity index (χ2v) is 17.5. The summed E-state index contributed by atoms with van der Waals surface area (Å²) in [6, 6.07) is 6.97. The molecule has 3 heterocycles. The highest BCUT2D eigenvalue weighted by Gasteiger charge is 2.78. The Morgan fingerprint density at radius 1 is 1.16 bits per heavy atom. The van der Waals surface area contributed by atoms with Gasteiger partial charge >= 0.3 is 5.97 Å². The summed E-state index contributed by atoms with van der Waals surface area (Å²) in [5.74, 6) is -3.46. The predicted molar refractivity (Wildman–Crippen MR) is 201 cm³/mol. The second-order valence-electron chi connectivity index (χ2n) is 16.3. The second kappa shape index (κ2) is 15.9. The van der Waals surface area contributed by atoms with Gasteiger partial charge in [0.15, 0.2) is 0 Å². The summed E-state index contributed by atoms with van der Waals surface area (Å²) in [4.78, 5) is 62.0. The number of fused-ring (bicyclic) bond motifs is 1. The number of esters is 1. The van der Waals surface area contributed by atoms with E-state index in [2.05, 4.69) is 49.9 Å². The largest absolute Gasteiger partial charge is 0.455 e. The van der Waals surface area contributed by atoms with Crippen molar-refractivity contribution in [1.29, 1.82) is 0 Å². The number of halogens is 1. The lowest BCUT2D eigenvalue weighted by Crippen LogP contribution is -2.62. The predicted octanol–water partition coefficient (Wildman–Crippen LogP) is 5.83. The van der Waals surface area contributed by atoms with E-state index in [0.717, 1.165) is 0 Å². The van der Waals surface area contributed by atoms with Gasteiger partial charge in [-0.3, -0.25) is 19.2 Å². The van der Waals surface area contributed by atoms with E-state index in [-0.39, 0.29) is 41.6 Å². The van der Waals surface area contributed by atoms with Crippen molar-refractivity contribution in [3.63, 3.8) is 0 Å². The molecule has 1 aromatic rings. The molecule has 0 saturated carbocycles. The van der Waals surface area contributed by atoms with Crippen molar-refractivity contribution in [3.05, 3.63) is 61.2 Å². The lowest BCUT2D eigenvalue weighted by molar-refractivity contribution is -0.165. The molecule has 0 aromatic heterocycles. The number of carbonyl (C=O) groups excluding carboxylic acids is 4. The maximum absolute atomic E-state index is 15.1. The standard InChI is InChI=1S/C40H58BrN3O7/c1-11-14-20-29(46)42(10)25(4)32(26-18-16-15-17-19-26)50-37(49)30-31-35(47)44(27(13-3)23-45)34(40(31)22-28(41)33(30)51-40)36(48)43(21-12-2)39(8,9)24-38(5,6)7/h11-12,15-19,25,27-28,30-34,45H,1-2,13-14,20-24H2,3-10H3/t25-,27+,28?,30+,31-,32+,33+,34+,40-/m1/s1. The number of aliphatic hydroxyl groups is 1. The fraction of sp³-hybridized carbons (Fsp3) is 0.650. The fourth-order valence-electron chi connectivity index (χ4n) is 8.85. The third-order valence-electron chi connectivity index (χ3n) is 11.0. The van der Waals surface area contributed by atoms with Crippen LogP contribution >= 0.6 is 15.9 Å². The van der Waals surface area contributed by atoms with E-state index in [0.29, 0.717) is 31.2 Å². The highest BCUT2D eigenvalue weighted by atomic mass is 79.9. The topological polar surface area (TPSA) is 117 Å². The molecule has 3 aliphatic heterocycles. The van der Waals surface area contributed by atoms with E-state index in [9.17, 15) is 19.5 Å². The summed E-state index contributed by atoms with van der Waals surface area (Å²) in [5.41, 5.74) is -1.36. The fourth-order valence-corrected chi connectivity index (χ4v) is 9.79. The number of hydrogen-bond acceptors (Lipinski definition) is 7. The number of aliphatic hydroxyl groups excluding tert-OH is 1. The van der Waals surface area contributed by atoms with Gasteiger partial charge in [0.05, 0.1) is 36.6 Å². The number of nitrogens with zero attached hydrogens (tertiary/aromatic N) is 3. The molecular formula is C40H58BrN3O7. The first-order valence-corrected chi connectivity index (χ1v) is 19.1. The molecule has 11 heteroatoms. The van der Waals surface area contributed by atoms with Crippen molar-refractivity contribution < 1.29 is 33.8 Å². The molecule has 0 radical (unpaired) electrons. The minimum atomic E-state index is -1.33. The monoisotopic (exact) mass is 771 g/mol. The summed E-state index contributed by atoms with van der Waals surface area (Å²) in [7, 11) is 1.69. The number of likely N-dealkylation sites (tertiary alicyclic amines) is 1. The van der Waals surface area contributed by atoms with Crippen LogP contribution in [0.1, 0.15) is 92.2 Å². The normalized spacial score (nSPS) is 27.4. The van der Waals surface area contributed by atoms with Gasteiger partial charge in [0.25, 0.3) is 0 Å². The number of carbonyl (C=O) groups is 4. The van der Waals surface area contributed by atoms with Gasteiger partial charge in [-0.15, -0.1) is 13.2 Å². The molecule has 3 aliphatic rings. The number of likely N-dealkylation sites (N-methyl/N-ethyl adjacent to an activating group) is 1. The Balaban J connectivity index is 1.78. The number of rotatable bonds is 16. The van der Waals surface area contributed by atoms with E-state index in [1.807, 2.05) is 58.0 Å². The van der Waals surface area contributed by atoms with E-state index in [4.69, 9.17) is 9.47 Å². The summed E-state index contributed by atoms with van der Waals surface area (Å²) in [6.07, 6.45) is 4.00. The van der Waals surface area contributed by atoms with E-state index < -0.39 is 65.2 Å². The summed E-state index contributed by atoms with van der Waals surface area (Å²) in [6.45, 7) is 21.7. The minimum absolute atomic E-state index is 0.110. The molecule has 2 bridgehead atoms.